The lowest BCUT2D eigenvalue weighted by molar-refractivity contribution is 0.0946. The second kappa shape index (κ2) is 8.87. The Morgan fingerprint density at radius 1 is 1.35 bits per heavy atom. The van der Waals surface area contributed by atoms with Crippen LogP contribution in [-0.2, 0) is 4.74 Å². The molecule has 6 heteroatoms. The molecule has 26 heavy (non-hydrogen) atoms. The van der Waals surface area contributed by atoms with Crippen LogP contribution in [0.25, 0.3) is 11.1 Å². The number of aromatic nitrogens is 1. The molecule has 5 nitrogen and oxygen atoms in total. The summed E-state index contributed by atoms with van der Waals surface area (Å²) in [4.78, 5) is 18.5. The molecule has 1 amide bonds. The van der Waals surface area contributed by atoms with Crippen LogP contribution in [0, 0.1) is 11.7 Å². The molecule has 1 atom stereocenters. The Morgan fingerprint density at radius 3 is 2.88 bits per heavy atom. The Balaban J connectivity index is 1.52. The van der Waals surface area contributed by atoms with E-state index in [0.29, 0.717) is 23.6 Å². The monoisotopic (exact) mass is 357 g/mol. The van der Waals surface area contributed by atoms with Gasteiger partial charge < -0.3 is 15.0 Å². The van der Waals surface area contributed by atoms with Crippen LogP contribution in [0.15, 0.2) is 42.7 Å². The highest BCUT2D eigenvalue weighted by atomic mass is 19.1. The molecule has 3 rings (SSSR count). The molecule has 1 aliphatic rings. The predicted octanol–water partition coefficient (Wildman–Crippen LogP) is 2.59. The first-order chi connectivity index (χ1) is 12.7. The van der Waals surface area contributed by atoms with E-state index in [9.17, 15) is 9.18 Å². The van der Waals surface area contributed by atoms with Crippen LogP contribution in [0.4, 0.5) is 4.39 Å². The minimum atomic E-state index is -0.371. The first-order valence-electron chi connectivity index (χ1n) is 8.87. The van der Waals surface area contributed by atoms with Gasteiger partial charge in [0.15, 0.2) is 0 Å². The second-order valence-electron chi connectivity index (χ2n) is 6.59. The van der Waals surface area contributed by atoms with Crippen LogP contribution in [0.2, 0.25) is 0 Å². The number of nitrogens with zero attached hydrogens (tertiary/aromatic N) is 2. The van der Waals surface area contributed by atoms with Gasteiger partial charge in [-0.3, -0.25) is 9.78 Å². The number of likely N-dealkylation sites (tertiary alicyclic amines) is 1. The highest BCUT2D eigenvalue weighted by Crippen LogP contribution is 2.22. The number of pyridine rings is 1. The van der Waals surface area contributed by atoms with Gasteiger partial charge in [-0.25, -0.2) is 4.39 Å². The average Bonchev–Trinajstić information content (AvgIpc) is 3.13. The van der Waals surface area contributed by atoms with E-state index in [-0.39, 0.29) is 11.7 Å². The van der Waals surface area contributed by atoms with Gasteiger partial charge in [0, 0.05) is 44.1 Å². The first-order valence-corrected chi connectivity index (χ1v) is 8.87. The van der Waals surface area contributed by atoms with E-state index < -0.39 is 0 Å². The van der Waals surface area contributed by atoms with Crippen LogP contribution >= 0.6 is 0 Å². The van der Waals surface area contributed by atoms with Gasteiger partial charge in [-0.1, -0.05) is 12.1 Å². The van der Waals surface area contributed by atoms with Crippen LogP contribution in [0.1, 0.15) is 16.8 Å². The van der Waals surface area contributed by atoms with Gasteiger partial charge in [-0.05, 0) is 42.6 Å². The van der Waals surface area contributed by atoms with Crippen molar-refractivity contribution in [3.8, 4) is 11.1 Å². The Kier molecular flexibility index (Phi) is 6.30. The van der Waals surface area contributed by atoms with Crippen molar-refractivity contribution in [3.63, 3.8) is 0 Å². The summed E-state index contributed by atoms with van der Waals surface area (Å²) in [6.45, 7) is 4.39. The summed E-state index contributed by atoms with van der Waals surface area (Å²) in [7, 11) is 1.71. The molecule has 2 heterocycles. The van der Waals surface area contributed by atoms with Crippen molar-refractivity contribution in [2.45, 2.75) is 6.42 Å². The summed E-state index contributed by atoms with van der Waals surface area (Å²) in [5, 5.41) is 3.01. The molecule has 1 aromatic heterocycles. The number of amides is 1. The van der Waals surface area contributed by atoms with Crippen molar-refractivity contribution in [3.05, 3.63) is 54.1 Å². The van der Waals surface area contributed by atoms with Crippen molar-refractivity contribution >= 4 is 5.91 Å². The van der Waals surface area contributed by atoms with Crippen LogP contribution < -0.4 is 5.32 Å². The molecule has 0 bridgehead atoms. The van der Waals surface area contributed by atoms with Gasteiger partial charge in [0.2, 0.25) is 0 Å². The number of halogens is 1. The van der Waals surface area contributed by atoms with E-state index in [1.807, 2.05) is 0 Å². The third kappa shape index (κ3) is 4.65. The number of carbonyl (C=O) groups excluding carboxylic acids is 1. The molecular weight excluding hydrogens is 333 g/mol. The maximum Gasteiger partial charge on any atom is 0.251 e. The van der Waals surface area contributed by atoms with Crippen molar-refractivity contribution in [2.24, 2.45) is 5.92 Å². The van der Waals surface area contributed by atoms with Gasteiger partial charge in [-0.2, -0.15) is 0 Å². The fourth-order valence-corrected chi connectivity index (χ4v) is 3.25. The topological polar surface area (TPSA) is 54.5 Å². The summed E-state index contributed by atoms with van der Waals surface area (Å²) in [5.74, 6) is 0.00653. The number of nitrogens with one attached hydrogen (secondary N) is 1. The third-order valence-corrected chi connectivity index (χ3v) is 4.76. The molecule has 1 N–H and O–H groups in total. The SMILES string of the molecule is COCCN1CC[C@H](CNC(=O)c2ccc(-c3ccncc3F)cc2)C1. The number of ether oxygens (including phenoxy) is 1. The lowest BCUT2D eigenvalue weighted by Crippen LogP contribution is -2.31. The Bertz CT molecular complexity index is 736. The quantitative estimate of drug-likeness (QED) is 0.828. The van der Waals surface area contributed by atoms with Crippen molar-refractivity contribution in [1.82, 2.24) is 15.2 Å². The fourth-order valence-electron chi connectivity index (χ4n) is 3.25. The molecule has 0 radical (unpaired) electrons. The zero-order valence-corrected chi connectivity index (χ0v) is 15.0. The van der Waals surface area contributed by atoms with Crippen LogP contribution in [-0.4, -0.2) is 55.7 Å². The summed E-state index contributed by atoms with van der Waals surface area (Å²) in [6, 6.07) is 8.60. The zero-order chi connectivity index (χ0) is 18.4. The third-order valence-electron chi connectivity index (χ3n) is 4.76. The summed E-state index contributed by atoms with van der Waals surface area (Å²) in [6.07, 6.45) is 3.83. The molecule has 138 valence electrons. The summed E-state index contributed by atoms with van der Waals surface area (Å²) in [5.41, 5.74) is 1.79. The Labute approximate surface area is 153 Å². The number of benzene rings is 1. The number of rotatable bonds is 7. The number of carbonyl (C=O) groups is 1. The Morgan fingerprint density at radius 2 is 2.15 bits per heavy atom. The maximum absolute atomic E-state index is 13.8. The summed E-state index contributed by atoms with van der Waals surface area (Å²) < 4.78 is 18.9. The predicted molar refractivity (Wildman–Crippen MR) is 98.4 cm³/mol. The molecule has 2 aromatic rings. The normalized spacial score (nSPS) is 17.4. The van der Waals surface area contributed by atoms with E-state index in [2.05, 4.69) is 15.2 Å². The lowest BCUT2D eigenvalue weighted by Gasteiger charge is -2.15. The summed E-state index contributed by atoms with van der Waals surface area (Å²) >= 11 is 0. The van der Waals surface area contributed by atoms with E-state index >= 15 is 0 Å². The molecule has 0 unspecified atom stereocenters. The van der Waals surface area contributed by atoms with Crippen molar-refractivity contribution < 1.29 is 13.9 Å². The van der Waals surface area contributed by atoms with Crippen LogP contribution in [0.5, 0.6) is 0 Å². The minimum Gasteiger partial charge on any atom is -0.383 e. The van der Waals surface area contributed by atoms with Gasteiger partial charge in [0.1, 0.15) is 5.82 Å². The number of hydrogen-bond acceptors (Lipinski definition) is 4. The minimum absolute atomic E-state index is 0.0953. The van der Waals surface area contributed by atoms with Gasteiger partial charge in [0.05, 0.1) is 12.8 Å². The largest absolute Gasteiger partial charge is 0.383 e. The second-order valence-corrected chi connectivity index (χ2v) is 6.59. The van der Waals surface area contributed by atoms with E-state index in [1.165, 1.54) is 6.20 Å². The highest BCUT2D eigenvalue weighted by Gasteiger charge is 2.22. The zero-order valence-electron chi connectivity index (χ0n) is 15.0. The van der Waals surface area contributed by atoms with Crippen molar-refractivity contribution in [2.75, 3.05) is 39.9 Å². The maximum atomic E-state index is 13.8. The van der Waals surface area contributed by atoms with E-state index in [1.54, 1.807) is 43.6 Å². The standard InChI is InChI=1S/C20H24FN3O2/c1-26-11-10-24-9-7-15(14-24)12-23-20(25)17-4-2-16(3-5-17)18-6-8-22-13-19(18)21/h2-6,8,13,15H,7,9-12,14H2,1H3,(H,23,25)/t15-/m1/s1. The molecule has 1 aliphatic heterocycles. The smallest absolute Gasteiger partial charge is 0.251 e. The molecule has 0 saturated carbocycles. The van der Waals surface area contributed by atoms with Crippen molar-refractivity contribution in [1.29, 1.82) is 0 Å². The van der Waals surface area contributed by atoms with Crippen LogP contribution in [0.3, 0.4) is 0 Å². The number of methoxy groups -OCH3 is 1. The highest BCUT2D eigenvalue weighted by molar-refractivity contribution is 5.94. The molecular formula is C20H24FN3O2. The van der Waals surface area contributed by atoms with E-state index in [0.717, 1.165) is 38.2 Å². The van der Waals surface area contributed by atoms with Gasteiger partial charge >= 0.3 is 0 Å². The molecule has 0 aliphatic carbocycles. The number of hydrogen-bond donors (Lipinski definition) is 1. The lowest BCUT2D eigenvalue weighted by atomic mass is 10.0. The van der Waals surface area contributed by atoms with E-state index in [4.69, 9.17) is 4.74 Å². The molecule has 1 saturated heterocycles. The Hall–Kier alpha value is -2.31. The average molecular weight is 357 g/mol. The fraction of sp³-hybridized carbons (Fsp3) is 0.400. The van der Waals surface area contributed by atoms with Gasteiger partial charge in [-0.15, -0.1) is 0 Å². The first kappa shape index (κ1) is 18.5. The van der Waals surface area contributed by atoms with Gasteiger partial charge in [0.25, 0.3) is 5.91 Å². The molecule has 1 fully saturated rings. The molecule has 0 spiro atoms. The molecule has 1 aromatic carbocycles.